The van der Waals surface area contributed by atoms with Crippen LogP contribution in [0.2, 0.25) is 5.02 Å². The first kappa shape index (κ1) is 12.5. The van der Waals surface area contributed by atoms with E-state index in [2.05, 4.69) is 11.5 Å². The Kier molecular flexibility index (Phi) is 3.75. The van der Waals surface area contributed by atoms with Gasteiger partial charge in [0.2, 0.25) is 0 Å². The zero-order valence-corrected chi connectivity index (χ0v) is 10.8. The molecule has 1 saturated carbocycles. The maximum absolute atomic E-state index is 9.54. The van der Waals surface area contributed by atoms with Crippen LogP contribution in [-0.4, -0.2) is 17.7 Å². The summed E-state index contributed by atoms with van der Waals surface area (Å²) in [5.41, 5.74) is 1.89. The van der Waals surface area contributed by atoms with Gasteiger partial charge in [0.05, 0.1) is 6.10 Å². The molecular formula is C14H18ClNO. The Bertz CT molecular complexity index is 413. The van der Waals surface area contributed by atoms with Crippen molar-refractivity contribution in [3.05, 3.63) is 41.4 Å². The number of aliphatic hydroxyl groups excluding tert-OH is 1. The molecule has 2 rings (SSSR count). The van der Waals surface area contributed by atoms with E-state index >= 15 is 0 Å². The van der Waals surface area contributed by atoms with Crippen molar-refractivity contribution < 1.29 is 5.11 Å². The summed E-state index contributed by atoms with van der Waals surface area (Å²) in [7, 11) is 0. The normalized spacial score (nSPS) is 16.6. The molecular weight excluding hydrogens is 234 g/mol. The maximum Gasteiger partial charge on any atom is 0.0776 e. The predicted octanol–water partition coefficient (Wildman–Crippen LogP) is 3.55. The summed E-state index contributed by atoms with van der Waals surface area (Å²) in [6.45, 7) is 6.36. The Labute approximate surface area is 108 Å². The lowest BCUT2D eigenvalue weighted by Crippen LogP contribution is -2.25. The smallest absolute Gasteiger partial charge is 0.0776 e. The van der Waals surface area contributed by atoms with Gasteiger partial charge in [0, 0.05) is 23.3 Å². The maximum atomic E-state index is 9.54. The van der Waals surface area contributed by atoms with Crippen molar-refractivity contribution in [2.45, 2.75) is 31.9 Å². The number of rotatable bonds is 5. The minimum Gasteiger partial charge on any atom is -0.389 e. The SMILES string of the molecule is C=CCN(c1ccc(C(C)O)c(Cl)c1)C1CC1. The van der Waals surface area contributed by atoms with E-state index in [0.29, 0.717) is 11.1 Å². The summed E-state index contributed by atoms with van der Waals surface area (Å²) in [6, 6.07) is 6.49. The van der Waals surface area contributed by atoms with Crippen molar-refractivity contribution in [3.63, 3.8) is 0 Å². The van der Waals surface area contributed by atoms with Crippen LogP contribution in [0.1, 0.15) is 31.4 Å². The Morgan fingerprint density at radius 2 is 2.29 bits per heavy atom. The number of benzene rings is 1. The molecule has 92 valence electrons. The molecule has 1 aromatic rings. The molecule has 3 heteroatoms. The fourth-order valence-corrected chi connectivity index (χ4v) is 2.36. The quantitative estimate of drug-likeness (QED) is 0.809. The summed E-state index contributed by atoms with van der Waals surface area (Å²) in [4.78, 5) is 2.31. The van der Waals surface area contributed by atoms with Crippen LogP contribution in [0.5, 0.6) is 0 Å². The highest BCUT2D eigenvalue weighted by Crippen LogP contribution is 2.34. The van der Waals surface area contributed by atoms with E-state index in [9.17, 15) is 5.11 Å². The summed E-state index contributed by atoms with van der Waals surface area (Å²) >= 11 is 6.18. The van der Waals surface area contributed by atoms with Gasteiger partial charge in [-0.3, -0.25) is 0 Å². The highest BCUT2D eigenvalue weighted by molar-refractivity contribution is 6.31. The number of halogens is 1. The van der Waals surface area contributed by atoms with Gasteiger partial charge in [0.15, 0.2) is 0 Å². The van der Waals surface area contributed by atoms with Gasteiger partial charge in [-0.1, -0.05) is 23.7 Å². The highest BCUT2D eigenvalue weighted by atomic mass is 35.5. The zero-order chi connectivity index (χ0) is 12.4. The van der Waals surface area contributed by atoms with E-state index in [-0.39, 0.29) is 0 Å². The predicted molar refractivity (Wildman–Crippen MR) is 72.7 cm³/mol. The highest BCUT2D eigenvalue weighted by Gasteiger charge is 2.28. The Balaban J connectivity index is 2.25. The lowest BCUT2D eigenvalue weighted by atomic mass is 10.1. The van der Waals surface area contributed by atoms with Crippen LogP contribution in [0.4, 0.5) is 5.69 Å². The van der Waals surface area contributed by atoms with Gasteiger partial charge in [-0.05, 0) is 37.5 Å². The molecule has 0 aliphatic heterocycles. The molecule has 17 heavy (non-hydrogen) atoms. The average Bonchev–Trinajstić information content (AvgIpc) is 3.09. The standard InChI is InChI=1S/C14H18ClNO/c1-3-8-16(11-4-5-11)12-6-7-13(10(2)17)14(15)9-12/h3,6-7,9-11,17H,1,4-5,8H2,2H3. The third-order valence-electron chi connectivity index (χ3n) is 3.08. The number of hydrogen-bond acceptors (Lipinski definition) is 2. The van der Waals surface area contributed by atoms with Gasteiger partial charge in [-0.25, -0.2) is 0 Å². The molecule has 0 spiro atoms. The van der Waals surface area contributed by atoms with Crippen LogP contribution >= 0.6 is 11.6 Å². The molecule has 1 N–H and O–H groups in total. The van der Waals surface area contributed by atoms with Crippen molar-refractivity contribution >= 4 is 17.3 Å². The second kappa shape index (κ2) is 5.11. The minimum absolute atomic E-state index is 0.523. The molecule has 0 saturated heterocycles. The topological polar surface area (TPSA) is 23.5 Å². The minimum atomic E-state index is -0.523. The second-order valence-electron chi connectivity index (χ2n) is 4.55. The fraction of sp³-hybridized carbons (Fsp3) is 0.429. The molecule has 1 unspecified atom stereocenters. The van der Waals surface area contributed by atoms with Crippen molar-refractivity contribution in [2.75, 3.05) is 11.4 Å². The molecule has 0 aromatic heterocycles. The molecule has 1 fully saturated rings. The lowest BCUT2D eigenvalue weighted by Gasteiger charge is -2.24. The van der Waals surface area contributed by atoms with Crippen molar-refractivity contribution in [1.82, 2.24) is 0 Å². The molecule has 1 atom stereocenters. The monoisotopic (exact) mass is 251 g/mol. The first-order valence-corrected chi connectivity index (χ1v) is 6.36. The van der Waals surface area contributed by atoms with Crippen LogP contribution in [0.15, 0.2) is 30.9 Å². The van der Waals surface area contributed by atoms with E-state index in [4.69, 9.17) is 11.6 Å². The van der Waals surface area contributed by atoms with Gasteiger partial charge >= 0.3 is 0 Å². The molecule has 0 radical (unpaired) electrons. The Morgan fingerprint density at radius 1 is 1.59 bits per heavy atom. The summed E-state index contributed by atoms with van der Waals surface area (Å²) < 4.78 is 0. The van der Waals surface area contributed by atoms with Crippen LogP contribution in [0.25, 0.3) is 0 Å². The van der Waals surface area contributed by atoms with E-state index in [1.54, 1.807) is 6.92 Å². The number of anilines is 1. The van der Waals surface area contributed by atoms with E-state index in [0.717, 1.165) is 17.8 Å². The summed E-state index contributed by atoms with van der Waals surface area (Å²) in [5.74, 6) is 0. The van der Waals surface area contributed by atoms with Crippen LogP contribution in [0, 0.1) is 0 Å². The van der Waals surface area contributed by atoms with Crippen molar-refractivity contribution in [2.24, 2.45) is 0 Å². The Morgan fingerprint density at radius 3 is 2.76 bits per heavy atom. The molecule has 1 aliphatic carbocycles. The molecule has 2 nitrogen and oxygen atoms in total. The van der Waals surface area contributed by atoms with Gasteiger partial charge in [0.25, 0.3) is 0 Å². The van der Waals surface area contributed by atoms with E-state index in [1.165, 1.54) is 12.8 Å². The Hall–Kier alpha value is -0.990. The van der Waals surface area contributed by atoms with E-state index in [1.807, 2.05) is 24.3 Å². The molecule has 0 heterocycles. The van der Waals surface area contributed by atoms with Gasteiger partial charge in [-0.2, -0.15) is 0 Å². The third kappa shape index (κ3) is 2.82. The van der Waals surface area contributed by atoms with Crippen LogP contribution in [-0.2, 0) is 0 Å². The van der Waals surface area contributed by atoms with E-state index < -0.39 is 6.10 Å². The summed E-state index contributed by atoms with van der Waals surface area (Å²) in [6.07, 6.45) is 3.87. The second-order valence-corrected chi connectivity index (χ2v) is 4.96. The van der Waals surface area contributed by atoms with Crippen molar-refractivity contribution in [1.29, 1.82) is 0 Å². The largest absolute Gasteiger partial charge is 0.389 e. The third-order valence-corrected chi connectivity index (χ3v) is 3.41. The lowest BCUT2D eigenvalue weighted by molar-refractivity contribution is 0.199. The van der Waals surface area contributed by atoms with Gasteiger partial charge in [-0.15, -0.1) is 6.58 Å². The van der Waals surface area contributed by atoms with Crippen LogP contribution in [0.3, 0.4) is 0 Å². The molecule has 0 bridgehead atoms. The average molecular weight is 252 g/mol. The molecule has 1 aliphatic rings. The summed E-state index contributed by atoms with van der Waals surface area (Å²) in [5, 5.41) is 10.2. The molecule has 1 aromatic carbocycles. The molecule has 0 amide bonds. The van der Waals surface area contributed by atoms with Gasteiger partial charge < -0.3 is 10.0 Å². The van der Waals surface area contributed by atoms with Crippen molar-refractivity contribution in [3.8, 4) is 0 Å². The van der Waals surface area contributed by atoms with Crippen LogP contribution < -0.4 is 4.90 Å². The van der Waals surface area contributed by atoms with Gasteiger partial charge in [0.1, 0.15) is 0 Å². The fourth-order valence-electron chi connectivity index (χ4n) is 2.02. The number of aliphatic hydroxyl groups is 1. The number of hydrogen-bond donors (Lipinski definition) is 1. The number of nitrogens with zero attached hydrogens (tertiary/aromatic N) is 1. The first-order valence-electron chi connectivity index (χ1n) is 5.98. The first-order chi connectivity index (χ1) is 8.13. The zero-order valence-electron chi connectivity index (χ0n) is 10.1.